The topological polar surface area (TPSA) is 54.2 Å². The molecule has 1 atom stereocenters. The van der Waals surface area contributed by atoms with Crippen molar-refractivity contribution in [2.75, 3.05) is 0 Å². The summed E-state index contributed by atoms with van der Waals surface area (Å²) < 4.78 is 39.7. The molecule has 3 rings (SSSR count). The normalized spacial score (nSPS) is 19.5. The van der Waals surface area contributed by atoms with Crippen molar-refractivity contribution < 1.29 is 17.6 Å². The number of nitroso groups, excluding NO2 is 1. The van der Waals surface area contributed by atoms with Crippen LogP contribution < -0.4 is 0 Å². The van der Waals surface area contributed by atoms with Crippen molar-refractivity contribution in [3.05, 3.63) is 63.2 Å². The van der Waals surface area contributed by atoms with Crippen LogP contribution >= 0.6 is 15.9 Å². The van der Waals surface area contributed by atoms with Gasteiger partial charge in [-0.3, -0.25) is 0 Å². The molecule has 1 heterocycles. The van der Waals surface area contributed by atoms with E-state index in [1.165, 1.54) is 24.3 Å². The van der Waals surface area contributed by atoms with Gasteiger partial charge >= 0.3 is 5.37 Å². The first-order valence-corrected chi connectivity index (χ1v) is 8.48. The van der Waals surface area contributed by atoms with Crippen LogP contribution in [0.3, 0.4) is 0 Å². The molecule has 1 aliphatic heterocycles. The van der Waals surface area contributed by atoms with Crippen LogP contribution in [-0.2, 0) is 16.3 Å². The Morgan fingerprint density at radius 1 is 1.19 bits per heavy atom. The fraction of sp³-hybridized carbons (Fsp3) is 0.143. The van der Waals surface area contributed by atoms with Gasteiger partial charge in [-0.2, -0.15) is 0 Å². The third kappa shape index (κ3) is 2.30. The molecule has 0 bridgehead atoms. The van der Waals surface area contributed by atoms with Crippen LogP contribution in [0.25, 0.3) is 0 Å². The SMILES string of the molecule is O=[N+]1c2ccccc2S(=O)(=O)C1Cc1ccc(Br)cc1F. The van der Waals surface area contributed by atoms with Crippen LogP contribution in [0.15, 0.2) is 51.8 Å². The summed E-state index contributed by atoms with van der Waals surface area (Å²) in [5, 5.41) is -1.33. The Labute approximate surface area is 129 Å². The smallest absolute Gasteiger partial charge is 0.216 e. The quantitative estimate of drug-likeness (QED) is 0.761. The van der Waals surface area contributed by atoms with Crippen molar-refractivity contribution in [3.8, 4) is 0 Å². The number of para-hydroxylation sites is 1. The standard InChI is InChI=1S/C14H10BrFNO3S/c15-10-6-5-9(11(16)8-10)7-14-17(18)12-3-1-2-4-13(12)21(14,19)20/h1-6,8,14H,7H2/q+1. The first-order chi connectivity index (χ1) is 9.91. The lowest BCUT2D eigenvalue weighted by Gasteiger charge is -2.04. The second kappa shape index (κ2) is 4.99. The van der Waals surface area contributed by atoms with E-state index in [1.54, 1.807) is 18.2 Å². The molecule has 7 heteroatoms. The van der Waals surface area contributed by atoms with E-state index in [9.17, 15) is 17.7 Å². The zero-order chi connectivity index (χ0) is 15.2. The average Bonchev–Trinajstić information content (AvgIpc) is 2.63. The lowest BCUT2D eigenvalue weighted by molar-refractivity contribution is -0.477. The fourth-order valence-electron chi connectivity index (χ4n) is 2.38. The summed E-state index contributed by atoms with van der Waals surface area (Å²) >= 11 is 3.14. The molecule has 0 fully saturated rings. The molecule has 2 aromatic rings. The summed E-state index contributed by atoms with van der Waals surface area (Å²) in [7, 11) is -3.79. The minimum atomic E-state index is -3.79. The van der Waals surface area contributed by atoms with Gasteiger partial charge in [-0.15, -0.1) is 0 Å². The zero-order valence-electron chi connectivity index (χ0n) is 10.7. The Balaban J connectivity index is 2.03. The summed E-state index contributed by atoms with van der Waals surface area (Å²) in [5.74, 6) is -0.538. The van der Waals surface area contributed by atoms with E-state index in [1.807, 2.05) is 0 Å². The second-order valence-electron chi connectivity index (χ2n) is 4.73. The van der Waals surface area contributed by atoms with Gasteiger partial charge in [0.2, 0.25) is 0 Å². The number of hydrogen-bond acceptors (Lipinski definition) is 3. The minimum Gasteiger partial charge on any atom is -0.216 e. The summed E-state index contributed by atoms with van der Waals surface area (Å²) in [6, 6.07) is 10.4. The molecule has 0 N–H and O–H groups in total. The van der Waals surface area contributed by atoms with E-state index in [2.05, 4.69) is 15.9 Å². The summed E-state index contributed by atoms with van der Waals surface area (Å²) in [6.07, 6.45) is -0.195. The Bertz CT molecular complexity index is 851. The van der Waals surface area contributed by atoms with Gasteiger partial charge in [0.15, 0.2) is 0 Å². The molecule has 2 aromatic carbocycles. The third-order valence-electron chi connectivity index (χ3n) is 3.44. The lowest BCUT2D eigenvalue weighted by Crippen LogP contribution is -2.26. The summed E-state index contributed by atoms with van der Waals surface area (Å²) in [6.45, 7) is 0. The first kappa shape index (κ1) is 14.3. The predicted octanol–water partition coefficient (Wildman–Crippen LogP) is 3.35. The number of rotatable bonds is 2. The number of halogens is 2. The minimum absolute atomic E-state index is 0.00233. The van der Waals surface area contributed by atoms with Crippen molar-refractivity contribution in [2.45, 2.75) is 16.7 Å². The van der Waals surface area contributed by atoms with E-state index in [-0.39, 0.29) is 22.6 Å². The lowest BCUT2D eigenvalue weighted by atomic mass is 10.1. The fourth-order valence-corrected chi connectivity index (χ4v) is 4.48. The maximum Gasteiger partial charge on any atom is 0.314 e. The summed E-state index contributed by atoms with van der Waals surface area (Å²) in [4.78, 5) is 12.2. The van der Waals surface area contributed by atoms with Gasteiger partial charge in [0.1, 0.15) is 10.7 Å². The Morgan fingerprint density at radius 3 is 2.57 bits per heavy atom. The first-order valence-electron chi connectivity index (χ1n) is 6.14. The molecule has 0 saturated carbocycles. The molecular weight excluding hydrogens is 361 g/mol. The van der Waals surface area contributed by atoms with E-state index < -0.39 is 21.0 Å². The molecule has 0 aliphatic carbocycles. The molecule has 0 aromatic heterocycles. The highest BCUT2D eigenvalue weighted by atomic mass is 79.9. The van der Waals surface area contributed by atoms with Crippen LogP contribution in [0.5, 0.6) is 0 Å². The van der Waals surface area contributed by atoms with Gasteiger partial charge in [-0.1, -0.05) is 34.1 Å². The number of hydrogen-bond donors (Lipinski definition) is 0. The average molecular weight is 371 g/mol. The Kier molecular flexibility index (Phi) is 3.41. The Morgan fingerprint density at radius 2 is 1.90 bits per heavy atom. The zero-order valence-corrected chi connectivity index (χ0v) is 13.1. The van der Waals surface area contributed by atoms with Crippen molar-refractivity contribution in [2.24, 2.45) is 0 Å². The second-order valence-corrected chi connectivity index (χ2v) is 7.72. The van der Waals surface area contributed by atoms with Crippen LogP contribution in [0, 0.1) is 10.7 Å². The largest absolute Gasteiger partial charge is 0.314 e. The Hall–Kier alpha value is -1.60. The van der Waals surface area contributed by atoms with Crippen LogP contribution in [0.1, 0.15) is 5.56 Å². The van der Waals surface area contributed by atoms with Gasteiger partial charge in [-0.25, -0.2) is 12.8 Å². The molecule has 0 radical (unpaired) electrons. The predicted molar refractivity (Wildman–Crippen MR) is 78.5 cm³/mol. The van der Waals surface area contributed by atoms with Crippen molar-refractivity contribution >= 4 is 31.5 Å². The van der Waals surface area contributed by atoms with Gasteiger partial charge in [0.25, 0.3) is 15.5 Å². The molecule has 0 amide bonds. The van der Waals surface area contributed by atoms with Gasteiger partial charge in [-0.05, 0) is 23.8 Å². The maximum absolute atomic E-state index is 13.9. The van der Waals surface area contributed by atoms with Gasteiger partial charge in [0.05, 0.1) is 11.2 Å². The van der Waals surface area contributed by atoms with Crippen molar-refractivity contribution in [1.82, 2.24) is 0 Å². The van der Waals surface area contributed by atoms with Crippen molar-refractivity contribution in [3.63, 3.8) is 0 Å². The van der Waals surface area contributed by atoms with E-state index in [0.717, 1.165) is 0 Å². The molecule has 0 saturated heterocycles. The summed E-state index contributed by atoms with van der Waals surface area (Å²) in [5.41, 5.74) is 0.306. The highest BCUT2D eigenvalue weighted by Gasteiger charge is 2.52. The van der Waals surface area contributed by atoms with E-state index in [4.69, 9.17) is 0 Å². The maximum atomic E-state index is 13.9. The number of fused-ring (bicyclic) bond motifs is 1. The number of nitrogens with zero attached hydrogens (tertiary/aromatic N) is 1. The highest BCUT2D eigenvalue weighted by Crippen LogP contribution is 2.37. The van der Waals surface area contributed by atoms with Crippen LogP contribution in [0.2, 0.25) is 0 Å². The monoisotopic (exact) mass is 370 g/mol. The molecule has 0 spiro atoms. The van der Waals surface area contributed by atoms with E-state index in [0.29, 0.717) is 9.23 Å². The molecule has 108 valence electrons. The molecule has 1 unspecified atom stereocenters. The van der Waals surface area contributed by atoms with Gasteiger partial charge < -0.3 is 0 Å². The molecular formula is C14H10BrFNO3S+. The van der Waals surface area contributed by atoms with Crippen LogP contribution in [-0.4, -0.2) is 18.6 Å². The molecule has 21 heavy (non-hydrogen) atoms. The molecule has 1 aliphatic rings. The third-order valence-corrected chi connectivity index (χ3v) is 5.96. The molecule has 4 nitrogen and oxygen atoms in total. The van der Waals surface area contributed by atoms with Gasteiger partial charge in [0, 0.05) is 15.4 Å². The van der Waals surface area contributed by atoms with Crippen molar-refractivity contribution in [1.29, 1.82) is 0 Å². The van der Waals surface area contributed by atoms with Crippen LogP contribution in [0.4, 0.5) is 10.1 Å². The van der Waals surface area contributed by atoms with E-state index >= 15 is 0 Å². The number of sulfone groups is 1. The number of benzene rings is 2. The highest BCUT2D eigenvalue weighted by molar-refractivity contribution is 9.10.